The first kappa shape index (κ1) is 9.16. The highest BCUT2D eigenvalue weighted by Gasteiger charge is 2.15. The van der Waals surface area contributed by atoms with Crippen molar-refractivity contribution in [1.82, 2.24) is 10.3 Å². The fourth-order valence-electron chi connectivity index (χ4n) is 1.63. The second-order valence-corrected chi connectivity index (χ2v) is 4.70. The fraction of sp³-hybridized carbons (Fsp3) is 0.700. The zero-order valence-corrected chi connectivity index (χ0v) is 8.65. The van der Waals surface area contributed by atoms with E-state index in [4.69, 9.17) is 0 Å². The quantitative estimate of drug-likeness (QED) is 0.732. The van der Waals surface area contributed by atoms with Gasteiger partial charge in [-0.15, -0.1) is 11.3 Å². The molecule has 1 fully saturated rings. The maximum absolute atomic E-state index is 4.04. The monoisotopic (exact) mass is 196 g/mol. The molecular formula is C10H16N2S. The van der Waals surface area contributed by atoms with E-state index in [1.54, 1.807) is 11.3 Å². The van der Waals surface area contributed by atoms with E-state index in [0.717, 1.165) is 12.5 Å². The Morgan fingerprint density at radius 2 is 2.46 bits per heavy atom. The lowest BCUT2D eigenvalue weighted by molar-refractivity contribution is 0.292. The Kier molecular flexibility index (Phi) is 3.33. The van der Waals surface area contributed by atoms with Crippen LogP contribution in [-0.4, -0.2) is 11.5 Å². The summed E-state index contributed by atoms with van der Waals surface area (Å²) in [4.78, 5) is 5.38. The predicted octanol–water partition coefficient (Wildman–Crippen LogP) is 2.42. The lowest BCUT2D eigenvalue weighted by Crippen LogP contribution is -2.20. The summed E-state index contributed by atoms with van der Waals surface area (Å²) in [5.74, 6) is 1.02. The molecule has 0 atom stereocenters. The minimum absolute atomic E-state index is 0.997. The average molecular weight is 196 g/mol. The van der Waals surface area contributed by atoms with Crippen LogP contribution in [0.2, 0.25) is 0 Å². The highest BCUT2D eigenvalue weighted by molar-refractivity contribution is 7.09. The predicted molar refractivity (Wildman–Crippen MR) is 55.8 cm³/mol. The molecule has 0 aromatic carbocycles. The molecule has 72 valence electrons. The molecule has 2 rings (SSSR count). The minimum Gasteiger partial charge on any atom is -0.312 e. The summed E-state index contributed by atoms with van der Waals surface area (Å²) in [5, 5.41) is 3.46. The highest BCUT2D eigenvalue weighted by atomic mass is 32.1. The van der Waals surface area contributed by atoms with Gasteiger partial charge in [0.2, 0.25) is 0 Å². The van der Waals surface area contributed by atoms with Crippen molar-refractivity contribution in [2.45, 2.75) is 32.2 Å². The summed E-state index contributed by atoms with van der Waals surface area (Å²) >= 11 is 1.73. The fourth-order valence-corrected chi connectivity index (χ4v) is 2.19. The Balaban J connectivity index is 1.53. The van der Waals surface area contributed by atoms with Crippen LogP contribution in [0.1, 0.15) is 30.6 Å². The van der Waals surface area contributed by atoms with Gasteiger partial charge in [0.15, 0.2) is 0 Å². The molecule has 1 heterocycles. The van der Waals surface area contributed by atoms with Crippen LogP contribution in [-0.2, 0) is 6.54 Å². The molecule has 1 aromatic rings. The van der Waals surface area contributed by atoms with Crippen molar-refractivity contribution in [3.8, 4) is 0 Å². The van der Waals surface area contributed by atoms with E-state index in [0.29, 0.717) is 0 Å². The van der Waals surface area contributed by atoms with Crippen LogP contribution in [0, 0.1) is 5.92 Å². The van der Waals surface area contributed by atoms with Crippen molar-refractivity contribution >= 4 is 11.3 Å². The van der Waals surface area contributed by atoms with Crippen LogP contribution in [0.25, 0.3) is 0 Å². The van der Waals surface area contributed by atoms with Gasteiger partial charge in [-0.3, -0.25) is 4.98 Å². The molecule has 13 heavy (non-hydrogen) atoms. The Labute approximate surface area is 83.4 Å². The summed E-state index contributed by atoms with van der Waals surface area (Å²) in [6, 6.07) is 0. The summed E-state index contributed by atoms with van der Waals surface area (Å²) in [6.45, 7) is 2.17. The number of rotatable bonds is 5. The van der Waals surface area contributed by atoms with Gasteiger partial charge in [0.1, 0.15) is 0 Å². The van der Waals surface area contributed by atoms with Crippen LogP contribution >= 0.6 is 11.3 Å². The van der Waals surface area contributed by atoms with Crippen LogP contribution in [0.5, 0.6) is 0 Å². The largest absolute Gasteiger partial charge is 0.312 e. The van der Waals surface area contributed by atoms with Gasteiger partial charge >= 0.3 is 0 Å². The second-order valence-electron chi connectivity index (χ2n) is 3.73. The van der Waals surface area contributed by atoms with Gasteiger partial charge in [0.25, 0.3) is 0 Å². The molecular weight excluding hydrogens is 180 g/mol. The van der Waals surface area contributed by atoms with Crippen molar-refractivity contribution in [2.24, 2.45) is 5.92 Å². The van der Waals surface area contributed by atoms with Crippen LogP contribution in [0.4, 0.5) is 0 Å². The molecule has 0 amide bonds. The van der Waals surface area contributed by atoms with Crippen molar-refractivity contribution in [3.05, 3.63) is 16.6 Å². The minimum atomic E-state index is 0.997. The number of thiazole rings is 1. The Hall–Kier alpha value is -0.410. The maximum Gasteiger partial charge on any atom is 0.0794 e. The first-order valence-electron chi connectivity index (χ1n) is 5.03. The number of aromatic nitrogens is 1. The summed E-state index contributed by atoms with van der Waals surface area (Å²) < 4.78 is 0. The van der Waals surface area contributed by atoms with Crippen molar-refractivity contribution in [3.63, 3.8) is 0 Å². The molecule has 0 aliphatic heterocycles. The lowest BCUT2D eigenvalue weighted by atomic mass is 9.83. The van der Waals surface area contributed by atoms with Gasteiger partial charge in [-0.1, -0.05) is 19.3 Å². The van der Waals surface area contributed by atoms with E-state index in [1.807, 2.05) is 11.7 Å². The van der Waals surface area contributed by atoms with E-state index >= 15 is 0 Å². The average Bonchev–Trinajstić information content (AvgIpc) is 2.53. The summed E-state index contributed by atoms with van der Waals surface area (Å²) in [5.41, 5.74) is 1.89. The topological polar surface area (TPSA) is 24.9 Å². The van der Waals surface area contributed by atoms with Crippen LogP contribution in [0.3, 0.4) is 0 Å². The van der Waals surface area contributed by atoms with Crippen molar-refractivity contribution < 1.29 is 0 Å². The van der Waals surface area contributed by atoms with E-state index in [9.17, 15) is 0 Å². The normalized spacial score (nSPS) is 17.2. The third-order valence-corrected chi connectivity index (χ3v) is 3.52. The van der Waals surface area contributed by atoms with E-state index in [2.05, 4.69) is 10.3 Å². The lowest BCUT2D eigenvalue weighted by Gasteiger charge is -2.25. The SMILES string of the molecule is c1ncc(CNCCC2CCC2)s1. The first-order chi connectivity index (χ1) is 6.45. The third kappa shape index (κ3) is 2.78. The van der Waals surface area contributed by atoms with Crippen LogP contribution < -0.4 is 5.32 Å². The molecule has 2 nitrogen and oxygen atoms in total. The smallest absolute Gasteiger partial charge is 0.0794 e. The van der Waals surface area contributed by atoms with E-state index < -0.39 is 0 Å². The molecule has 1 aliphatic rings. The molecule has 1 saturated carbocycles. The number of hydrogen-bond acceptors (Lipinski definition) is 3. The second kappa shape index (κ2) is 4.72. The zero-order chi connectivity index (χ0) is 8.93. The van der Waals surface area contributed by atoms with E-state index in [1.165, 1.54) is 37.1 Å². The molecule has 0 unspecified atom stereocenters. The molecule has 0 bridgehead atoms. The van der Waals surface area contributed by atoms with Crippen LogP contribution in [0.15, 0.2) is 11.7 Å². The summed E-state index contributed by atoms with van der Waals surface area (Å²) in [6.07, 6.45) is 7.68. The van der Waals surface area contributed by atoms with E-state index in [-0.39, 0.29) is 0 Å². The molecule has 1 aromatic heterocycles. The standard InChI is InChI=1S/C10H16N2S/c1-2-9(3-1)4-5-11-6-10-7-12-8-13-10/h7-9,11H,1-6H2. The number of hydrogen-bond donors (Lipinski definition) is 1. The van der Waals surface area contributed by atoms with Gasteiger partial charge in [0, 0.05) is 17.6 Å². The maximum atomic E-state index is 4.04. The molecule has 3 heteroatoms. The zero-order valence-electron chi connectivity index (χ0n) is 7.83. The third-order valence-electron chi connectivity index (χ3n) is 2.74. The van der Waals surface area contributed by atoms with Gasteiger partial charge < -0.3 is 5.32 Å². The number of nitrogens with one attached hydrogen (secondary N) is 1. The number of nitrogens with zero attached hydrogens (tertiary/aromatic N) is 1. The summed E-state index contributed by atoms with van der Waals surface area (Å²) in [7, 11) is 0. The van der Waals surface area contributed by atoms with Crippen molar-refractivity contribution in [1.29, 1.82) is 0 Å². The first-order valence-corrected chi connectivity index (χ1v) is 5.91. The molecule has 1 aliphatic carbocycles. The Morgan fingerprint density at radius 1 is 1.54 bits per heavy atom. The van der Waals surface area contributed by atoms with Gasteiger partial charge in [-0.25, -0.2) is 0 Å². The molecule has 1 N–H and O–H groups in total. The molecule has 0 saturated heterocycles. The van der Waals surface area contributed by atoms with Gasteiger partial charge in [-0.2, -0.15) is 0 Å². The highest BCUT2D eigenvalue weighted by Crippen LogP contribution is 2.28. The Bertz CT molecular complexity index is 229. The molecule has 0 radical (unpaired) electrons. The van der Waals surface area contributed by atoms with Gasteiger partial charge in [0.05, 0.1) is 5.51 Å². The van der Waals surface area contributed by atoms with Gasteiger partial charge in [-0.05, 0) is 18.9 Å². The molecule has 0 spiro atoms. The van der Waals surface area contributed by atoms with Crippen molar-refractivity contribution in [2.75, 3.05) is 6.54 Å². The Morgan fingerprint density at radius 3 is 3.08 bits per heavy atom.